The first-order valence-electron chi connectivity index (χ1n) is 6.28. The predicted octanol–water partition coefficient (Wildman–Crippen LogP) is 4.86. The van der Waals surface area contributed by atoms with E-state index in [9.17, 15) is 4.39 Å². The Morgan fingerprint density at radius 3 is 2.53 bits per heavy atom. The van der Waals surface area contributed by atoms with E-state index in [2.05, 4.69) is 11.4 Å². The van der Waals surface area contributed by atoms with Gasteiger partial charge in [-0.2, -0.15) is 0 Å². The molecule has 0 aliphatic rings. The van der Waals surface area contributed by atoms with Crippen LogP contribution in [0.1, 0.15) is 34.5 Å². The number of hydrogen-bond acceptors (Lipinski definition) is 2. The van der Waals surface area contributed by atoms with E-state index >= 15 is 0 Å². The molecule has 19 heavy (non-hydrogen) atoms. The van der Waals surface area contributed by atoms with Gasteiger partial charge in [0.2, 0.25) is 0 Å². The molecule has 1 heterocycles. The van der Waals surface area contributed by atoms with Gasteiger partial charge in [-0.3, -0.25) is 0 Å². The van der Waals surface area contributed by atoms with Crippen molar-refractivity contribution >= 4 is 22.9 Å². The maximum atomic E-state index is 13.7. The first-order valence-corrected chi connectivity index (χ1v) is 7.47. The Bertz CT molecular complexity index is 560. The highest BCUT2D eigenvalue weighted by Gasteiger charge is 2.17. The van der Waals surface area contributed by atoms with Gasteiger partial charge in [-0.05, 0) is 49.2 Å². The van der Waals surface area contributed by atoms with E-state index in [4.69, 9.17) is 11.6 Å². The summed E-state index contributed by atoms with van der Waals surface area (Å²) >= 11 is 7.68. The molecule has 4 heteroatoms. The molecule has 2 aromatic rings. The van der Waals surface area contributed by atoms with Gasteiger partial charge >= 0.3 is 0 Å². The van der Waals surface area contributed by atoms with Gasteiger partial charge in [0, 0.05) is 4.88 Å². The fourth-order valence-electron chi connectivity index (χ4n) is 2.00. The van der Waals surface area contributed by atoms with Crippen LogP contribution in [0.25, 0.3) is 0 Å². The van der Waals surface area contributed by atoms with E-state index in [0.29, 0.717) is 5.56 Å². The van der Waals surface area contributed by atoms with Crippen LogP contribution in [-0.4, -0.2) is 6.54 Å². The average molecular weight is 298 g/mol. The zero-order valence-corrected chi connectivity index (χ0v) is 12.8. The van der Waals surface area contributed by atoms with E-state index in [0.717, 1.165) is 26.9 Å². The van der Waals surface area contributed by atoms with Gasteiger partial charge in [0.15, 0.2) is 0 Å². The van der Waals surface area contributed by atoms with Gasteiger partial charge < -0.3 is 5.32 Å². The summed E-state index contributed by atoms with van der Waals surface area (Å²) in [5.41, 5.74) is 2.67. The van der Waals surface area contributed by atoms with E-state index in [-0.39, 0.29) is 11.9 Å². The summed E-state index contributed by atoms with van der Waals surface area (Å²) in [7, 11) is 0. The smallest absolute Gasteiger partial charge is 0.126 e. The van der Waals surface area contributed by atoms with E-state index in [1.807, 2.05) is 26.0 Å². The van der Waals surface area contributed by atoms with Gasteiger partial charge in [-0.25, -0.2) is 4.39 Å². The Morgan fingerprint density at radius 2 is 2.00 bits per heavy atom. The molecule has 2 rings (SSSR count). The minimum absolute atomic E-state index is 0.00343. The number of rotatable bonds is 4. The second-order valence-electron chi connectivity index (χ2n) is 4.60. The summed E-state index contributed by atoms with van der Waals surface area (Å²) in [4.78, 5) is 1.12. The lowest BCUT2D eigenvalue weighted by atomic mass is 10.0. The lowest BCUT2D eigenvalue weighted by Gasteiger charge is -2.17. The maximum absolute atomic E-state index is 13.7. The molecule has 1 atom stereocenters. The Morgan fingerprint density at radius 1 is 1.26 bits per heavy atom. The summed E-state index contributed by atoms with van der Waals surface area (Å²) < 4.78 is 14.5. The second kappa shape index (κ2) is 6.04. The molecular formula is C15H17ClFNS. The van der Waals surface area contributed by atoms with E-state index in [1.54, 1.807) is 24.3 Å². The van der Waals surface area contributed by atoms with Gasteiger partial charge in [0.05, 0.1) is 10.4 Å². The van der Waals surface area contributed by atoms with Crippen LogP contribution in [-0.2, 0) is 0 Å². The van der Waals surface area contributed by atoms with Crippen LogP contribution >= 0.6 is 22.9 Å². The first kappa shape index (κ1) is 14.5. The Hall–Kier alpha value is -0.900. The third-order valence-electron chi connectivity index (χ3n) is 3.10. The van der Waals surface area contributed by atoms with Crippen molar-refractivity contribution in [3.8, 4) is 0 Å². The fraction of sp³-hybridized carbons (Fsp3) is 0.333. The van der Waals surface area contributed by atoms with Crippen molar-refractivity contribution in [3.05, 3.63) is 56.0 Å². The Kier molecular flexibility index (Phi) is 4.61. The standard InChI is InChI=1S/C15H17ClFNS/c1-4-18-14(13-7-10(3)15(16)19-13)11-6-5-9(2)12(17)8-11/h5-8,14,18H,4H2,1-3H3. The van der Waals surface area contributed by atoms with Crippen molar-refractivity contribution in [2.24, 2.45) is 0 Å². The third-order valence-corrected chi connectivity index (χ3v) is 4.72. The predicted molar refractivity (Wildman–Crippen MR) is 80.7 cm³/mol. The molecular weight excluding hydrogens is 281 g/mol. The Labute approximate surface area is 122 Å². The average Bonchev–Trinajstić information content (AvgIpc) is 2.70. The normalized spacial score (nSPS) is 12.7. The van der Waals surface area contributed by atoms with Gasteiger partial charge in [0.25, 0.3) is 0 Å². The van der Waals surface area contributed by atoms with Crippen molar-refractivity contribution in [3.63, 3.8) is 0 Å². The zero-order chi connectivity index (χ0) is 14.0. The van der Waals surface area contributed by atoms with Crippen LogP contribution in [0.3, 0.4) is 0 Å². The topological polar surface area (TPSA) is 12.0 Å². The molecule has 0 aliphatic carbocycles. The van der Waals surface area contributed by atoms with Crippen LogP contribution in [0.2, 0.25) is 4.34 Å². The van der Waals surface area contributed by atoms with Crippen molar-refractivity contribution in [2.45, 2.75) is 26.8 Å². The number of benzene rings is 1. The number of thiophene rings is 1. The molecule has 0 fully saturated rings. The summed E-state index contributed by atoms with van der Waals surface area (Å²) in [6, 6.07) is 7.45. The third kappa shape index (κ3) is 3.16. The van der Waals surface area contributed by atoms with Crippen LogP contribution in [0, 0.1) is 19.7 Å². The minimum Gasteiger partial charge on any atom is -0.306 e. The van der Waals surface area contributed by atoms with Crippen LogP contribution in [0.4, 0.5) is 4.39 Å². The molecule has 0 saturated heterocycles. The van der Waals surface area contributed by atoms with E-state index < -0.39 is 0 Å². The van der Waals surface area contributed by atoms with Crippen LogP contribution in [0.5, 0.6) is 0 Å². The van der Waals surface area contributed by atoms with Crippen LogP contribution in [0.15, 0.2) is 24.3 Å². The molecule has 1 nitrogen and oxygen atoms in total. The largest absolute Gasteiger partial charge is 0.306 e. The van der Waals surface area contributed by atoms with Crippen molar-refractivity contribution in [1.29, 1.82) is 0 Å². The van der Waals surface area contributed by atoms with Gasteiger partial charge in [-0.15, -0.1) is 11.3 Å². The monoisotopic (exact) mass is 297 g/mol. The number of halogens is 2. The lowest BCUT2D eigenvalue weighted by Crippen LogP contribution is -2.21. The fourth-order valence-corrected chi connectivity index (χ4v) is 3.32. The zero-order valence-electron chi connectivity index (χ0n) is 11.3. The van der Waals surface area contributed by atoms with Crippen molar-refractivity contribution < 1.29 is 4.39 Å². The van der Waals surface area contributed by atoms with Crippen molar-refractivity contribution in [2.75, 3.05) is 6.54 Å². The summed E-state index contributed by atoms with van der Waals surface area (Å²) in [5, 5.41) is 3.39. The molecule has 0 spiro atoms. The molecule has 0 aliphatic heterocycles. The number of hydrogen-bond donors (Lipinski definition) is 1. The number of aryl methyl sites for hydroxylation is 2. The second-order valence-corrected chi connectivity index (χ2v) is 6.29. The molecule has 0 radical (unpaired) electrons. The molecule has 1 unspecified atom stereocenters. The van der Waals surface area contributed by atoms with Gasteiger partial charge in [0.1, 0.15) is 5.82 Å². The van der Waals surface area contributed by atoms with Crippen molar-refractivity contribution in [1.82, 2.24) is 5.32 Å². The summed E-state index contributed by atoms with van der Waals surface area (Å²) in [6.45, 7) is 6.61. The minimum atomic E-state index is -0.167. The molecule has 1 N–H and O–H groups in total. The van der Waals surface area contributed by atoms with E-state index in [1.165, 1.54) is 0 Å². The lowest BCUT2D eigenvalue weighted by molar-refractivity contribution is 0.600. The highest BCUT2D eigenvalue weighted by molar-refractivity contribution is 7.16. The SMILES string of the molecule is CCNC(c1ccc(C)c(F)c1)c1cc(C)c(Cl)s1. The molecule has 0 amide bonds. The summed E-state index contributed by atoms with van der Waals surface area (Å²) in [6.07, 6.45) is 0. The molecule has 0 bridgehead atoms. The summed E-state index contributed by atoms with van der Waals surface area (Å²) in [5.74, 6) is -0.167. The first-order chi connectivity index (χ1) is 9.02. The Balaban J connectivity index is 2.41. The number of nitrogens with one attached hydrogen (secondary N) is 1. The molecule has 1 aromatic heterocycles. The molecule has 102 valence electrons. The highest BCUT2D eigenvalue weighted by atomic mass is 35.5. The maximum Gasteiger partial charge on any atom is 0.126 e. The quantitative estimate of drug-likeness (QED) is 0.850. The van der Waals surface area contributed by atoms with Gasteiger partial charge in [-0.1, -0.05) is 30.7 Å². The molecule has 1 aromatic carbocycles. The molecule has 0 saturated carbocycles. The highest BCUT2D eigenvalue weighted by Crippen LogP contribution is 2.34. The van der Waals surface area contributed by atoms with Crippen LogP contribution < -0.4 is 5.32 Å².